The third-order valence-electron chi connectivity index (χ3n) is 3.41. The summed E-state index contributed by atoms with van der Waals surface area (Å²) in [5.74, 6) is -0.258. The zero-order valence-electron chi connectivity index (χ0n) is 12.2. The van der Waals surface area contributed by atoms with E-state index in [1.807, 2.05) is 24.3 Å². The van der Waals surface area contributed by atoms with Crippen LogP contribution in [-0.2, 0) is 4.74 Å². The molecule has 0 aliphatic carbocycles. The number of hydrogen-bond acceptors (Lipinski definition) is 3. The molecule has 0 radical (unpaired) electrons. The van der Waals surface area contributed by atoms with Gasteiger partial charge in [-0.15, -0.1) is 0 Å². The Morgan fingerprint density at radius 3 is 2.90 bits per heavy atom. The molecule has 20 heavy (non-hydrogen) atoms. The molecule has 2 rings (SSSR count). The minimum absolute atomic E-state index is 0.258. The van der Waals surface area contributed by atoms with Crippen LogP contribution in [0.15, 0.2) is 30.5 Å². The van der Waals surface area contributed by atoms with Crippen LogP contribution in [0.2, 0.25) is 0 Å². The fraction of sp³-hybridized carbons (Fsp3) is 0.438. The number of nitrogens with one attached hydrogen (secondary N) is 1. The van der Waals surface area contributed by atoms with Crippen LogP contribution >= 0.6 is 0 Å². The molecule has 1 aromatic heterocycles. The normalized spacial score (nSPS) is 11.2. The average molecular weight is 274 g/mol. The standard InChI is InChI=1S/C16H22N2O2/c1-3-4-9-18(2)10-11-20-16(19)14-12-17-15-8-6-5-7-13(14)15/h5-8,12,17H,3-4,9-11H2,1-2H3. The first-order valence-corrected chi connectivity index (χ1v) is 7.14. The van der Waals surface area contributed by atoms with E-state index in [0.717, 1.165) is 24.0 Å². The first kappa shape index (κ1) is 14.6. The van der Waals surface area contributed by atoms with E-state index in [0.29, 0.717) is 12.2 Å². The molecule has 4 heteroatoms. The number of aromatic amines is 1. The van der Waals surface area contributed by atoms with Crippen LogP contribution in [0.5, 0.6) is 0 Å². The Balaban J connectivity index is 1.86. The fourth-order valence-electron chi connectivity index (χ4n) is 2.15. The van der Waals surface area contributed by atoms with E-state index < -0.39 is 0 Å². The summed E-state index contributed by atoms with van der Waals surface area (Å²) in [6.45, 7) is 4.42. The topological polar surface area (TPSA) is 45.3 Å². The molecular formula is C16H22N2O2. The second-order valence-electron chi connectivity index (χ2n) is 5.04. The van der Waals surface area contributed by atoms with Crippen molar-refractivity contribution in [2.45, 2.75) is 19.8 Å². The minimum Gasteiger partial charge on any atom is -0.461 e. The second kappa shape index (κ2) is 7.10. The average Bonchev–Trinajstić information content (AvgIpc) is 2.89. The van der Waals surface area contributed by atoms with E-state index in [4.69, 9.17) is 4.74 Å². The molecule has 1 heterocycles. The Labute approximate surface area is 119 Å². The van der Waals surface area contributed by atoms with Crippen molar-refractivity contribution in [3.05, 3.63) is 36.0 Å². The molecule has 0 atom stereocenters. The van der Waals surface area contributed by atoms with E-state index in [1.165, 1.54) is 12.8 Å². The van der Waals surface area contributed by atoms with Crippen LogP contribution in [0.4, 0.5) is 0 Å². The van der Waals surface area contributed by atoms with Crippen LogP contribution in [0.1, 0.15) is 30.1 Å². The molecule has 2 aromatic rings. The van der Waals surface area contributed by atoms with Gasteiger partial charge in [-0.25, -0.2) is 4.79 Å². The SMILES string of the molecule is CCCCN(C)CCOC(=O)c1c[nH]c2ccccc12. The molecule has 0 saturated heterocycles. The highest BCUT2D eigenvalue weighted by atomic mass is 16.5. The summed E-state index contributed by atoms with van der Waals surface area (Å²) >= 11 is 0. The summed E-state index contributed by atoms with van der Waals surface area (Å²) < 4.78 is 5.34. The number of likely N-dealkylation sites (N-methyl/N-ethyl adjacent to an activating group) is 1. The zero-order valence-corrected chi connectivity index (χ0v) is 12.2. The second-order valence-corrected chi connectivity index (χ2v) is 5.04. The van der Waals surface area contributed by atoms with Crippen LogP contribution in [0.25, 0.3) is 10.9 Å². The number of para-hydroxylation sites is 1. The van der Waals surface area contributed by atoms with Gasteiger partial charge in [-0.05, 0) is 26.1 Å². The van der Waals surface area contributed by atoms with Gasteiger partial charge in [-0.3, -0.25) is 0 Å². The van der Waals surface area contributed by atoms with Crippen molar-refractivity contribution >= 4 is 16.9 Å². The molecule has 0 bridgehead atoms. The maximum absolute atomic E-state index is 12.1. The maximum atomic E-state index is 12.1. The van der Waals surface area contributed by atoms with Crippen LogP contribution in [0.3, 0.4) is 0 Å². The van der Waals surface area contributed by atoms with E-state index in [1.54, 1.807) is 6.20 Å². The molecule has 1 N–H and O–H groups in total. The van der Waals surface area contributed by atoms with Crippen molar-refractivity contribution in [1.82, 2.24) is 9.88 Å². The number of aromatic nitrogens is 1. The highest BCUT2D eigenvalue weighted by Crippen LogP contribution is 2.18. The number of hydrogen-bond donors (Lipinski definition) is 1. The lowest BCUT2D eigenvalue weighted by atomic mass is 10.2. The number of carbonyl (C=O) groups excluding carboxylic acids is 1. The largest absolute Gasteiger partial charge is 0.461 e. The zero-order chi connectivity index (χ0) is 14.4. The minimum atomic E-state index is -0.258. The number of fused-ring (bicyclic) bond motifs is 1. The first-order valence-electron chi connectivity index (χ1n) is 7.14. The number of esters is 1. The van der Waals surface area contributed by atoms with Gasteiger partial charge in [0, 0.05) is 23.6 Å². The molecule has 1 aromatic carbocycles. The third kappa shape index (κ3) is 3.61. The summed E-state index contributed by atoms with van der Waals surface area (Å²) in [6.07, 6.45) is 4.07. The summed E-state index contributed by atoms with van der Waals surface area (Å²) in [5, 5.41) is 0.914. The highest BCUT2D eigenvalue weighted by molar-refractivity contribution is 6.03. The van der Waals surface area contributed by atoms with Crippen LogP contribution in [-0.4, -0.2) is 42.6 Å². The van der Waals surface area contributed by atoms with Crippen molar-refractivity contribution in [2.75, 3.05) is 26.7 Å². The number of rotatable bonds is 7. The molecule has 0 aliphatic rings. The molecule has 0 spiro atoms. The van der Waals surface area contributed by atoms with Crippen molar-refractivity contribution in [1.29, 1.82) is 0 Å². The first-order chi connectivity index (χ1) is 9.72. The predicted octanol–water partition coefficient (Wildman–Crippen LogP) is 3.06. The Hall–Kier alpha value is -1.81. The predicted molar refractivity (Wildman–Crippen MR) is 81.0 cm³/mol. The van der Waals surface area contributed by atoms with Gasteiger partial charge in [0.15, 0.2) is 0 Å². The lowest BCUT2D eigenvalue weighted by molar-refractivity contribution is 0.0475. The van der Waals surface area contributed by atoms with Crippen molar-refractivity contribution in [3.63, 3.8) is 0 Å². The van der Waals surface area contributed by atoms with Crippen molar-refractivity contribution in [2.24, 2.45) is 0 Å². The molecular weight excluding hydrogens is 252 g/mol. The fourth-order valence-corrected chi connectivity index (χ4v) is 2.15. The summed E-state index contributed by atoms with van der Waals surface area (Å²) in [4.78, 5) is 17.3. The lowest BCUT2D eigenvalue weighted by Gasteiger charge is -2.15. The van der Waals surface area contributed by atoms with Gasteiger partial charge in [0.05, 0.1) is 5.56 Å². The molecule has 4 nitrogen and oxygen atoms in total. The van der Waals surface area contributed by atoms with Gasteiger partial charge in [-0.2, -0.15) is 0 Å². The number of ether oxygens (including phenoxy) is 1. The maximum Gasteiger partial charge on any atom is 0.340 e. The summed E-state index contributed by atoms with van der Waals surface area (Å²) in [5.41, 5.74) is 1.57. The van der Waals surface area contributed by atoms with Gasteiger partial charge in [0.25, 0.3) is 0 Å². The molecule has 108 valence electrons. The van der Waals surface area contributed by atoms with Crippen LogP contribution in [0, 0.1) is 0 Å². The number of carbonyl (C=O) groups is 1. The highest BCUT2D eigenvalue weighted by Gasteiger charge is 2.12. The number of nitrogens with zero attached hydrogens (tertiary/aromatic N) is 1. The van der Waals surface area contributed by atoms with Crippen molar-refractivity contribution < 1.29 is 9.53 Å². The summed E-state index contributed by atoms with van der Waals surface area (Å²) in [7, 11) is 2.05. The number of unbranched alkanes of at least 4 members (excludes halogenated alkanes) is 1. The van der Waals surface area contributed by atoms with E-state index in [2.05, 4.69) is 23.9 Å². The number of benzene rings is 1. The molecule has 0 fully saturated rings. The third-order valence-corrected chi connectivity index (χ3v) is 3.41. The molecule has 0 saturated carbocycles. The monoisotopic (exact) mass is 274 g/mol. The van der Waals surface area contributed by atoms with Gasteiger partial charge in [-0.1, -0.05) is 31.5 Å². The Bertz CT molecular complexity index is 562. The van der Waals surface area contributed by atoms with Gasteiger partial charge in [0.1, 0.15) is 6.61 Å². The van der Waals surface area contributed by atoms with E-state index >= 15 is 0 Å². The quantitative estimate of drug-likeness (QED) is 0.789. The number of H-pyrrole nitrogens is 1. The Kier molecular flexibility index (Phi) is 5.18. The smallest absolute Gasteiger partial charge is 0.340 e. The van der Waals surface area contributed by atoms with E-state index in [9.17, 15) is 4.79 Å². The lowest BCUT2D eigenvalue weighted by Crippen LogP contribution is -2.25. The Morgan fingerprint density at radius 2 is 2.10 bits per heavy atom. The molecule has 0 aliphatic heterocycles. The van der Waals surface area contributed by atoms with Crippen molar-refractivity contribution in [3.8, 4) is 0 Å². The molecule has 0 unspecified atom stereocenters. The van der Waals surface area contributed by atoms with E-state index in [-0.39, 0.29) is 5.97 Å². The Morgan fingerprint density at radius 1 is 1.30 bits per heavy atom. The van der Waals surface area contributed by atoms with Gasteiger partial charge < -0.3 is 14.6 Å². The molecule has 0 amide bonds. The van der Waals surface area contributed by atoms with Gasteiger partial charge >= 0.3 is 5.97 Å². The van der Waals surface area contributed by atoms with Gasteiger partial charge in [0.2, 0.25) is 0 Å². The summed E-state index contributed by atoms with van der Waals surface area (Å²) in [6, 6.07) is 7.74. The van der Waals surface area contributed by atoms with Crippen LogP contribution < -0.4 is 0 Å².